The maximum absolute atomic E-state index is 11.6. The molecule has 0 saturated carbocycles. The summed E-state index contributed by atoms with van der Waals surface area (Å²) in [7, 11) is 0. The monoisotopic (exact) mass is 276 g/mol. The summed E-state index contributed by atoms with van der Waals surface area (Å²) in [6.07, 6.45) is 2.47. The summed E-state index contributed by atoms with van der Waals surface area (Å²) >= 11 is 0. The SMILES string of the molecule is CC(=O)NCC(=O)Nc1cc(C)cc(/C=C/C(=O)O)c1. The number of hydrogen-bond acceptors (Lipinski definition) is 3. The number of anilines is 1. The van der Waals surface area contributed by atoms with Gasteiger partial charge in [-0.1, -0.05) is 6.07 Å². The molecule has 0 aliphatic rings. The second kappa shape index (κ2) is 7.08. The number of benzene rings is 1. The fourth-order valence-corrected chi connectivity index (χ4v) is 1.56. The van der Waals surface area contributed by atoms with Gasteiger partial charge in [0.05, 0.1) is 6.54 Å². The van der Waals surface area contributed by atoms with E-state index in [0.717, 1.165) is 11.6 Å². The van der Waals surface area contributed by atoms with Crippen LogP contribution in [0.15, 0.2) is 24.3 Å². The Hall–Kier alpha value is -2.63. The number of amides is 2. The van der Waals surface area contributed by atoms with E-state index in [1.54, 1.807) is 18.2 Å². The number of aliphatic carboxylic acids is 1. The van der Waals surface area contributed by atoms with Gasteiger partial charge in [0.1, 0.15) is 0 Å². The lowest BCUT2D eigenvalue weighted by atomic mass is 10.1. The number of aryl methyl sites for hydroxylation is 1. The highest BCUT2D eigenvalue weighted by molar-refractivity contribution is 5.94. The van der Waals surface area contributed by atoms with Gasteiger partial charge in [-0.3, -0.25) is 9.59 Å². The van der Waals surface area contributed by atoms with E-state index in [0.29, 0.717) is 11.3 Å². The highest BCUT2D eigenvalue weighted by atomic mass is 16.4. The molecule has 1 aromatic rings. The zero-order chi connectivity index (χ0) is 15.1. The molecule has 6 nitrogen and oxygen atoms in total. The summed E-state index contributed by atoms with van der Waals surface area (Å²) in [6, 6.07) is 5.20. The maximum Gasteiger partial charge on any atom is 0.328 e. The molecule has 106 valence electrons. The first-order valence-electron chi connectivity index (χ1n) is 5.94. The van der Waals surface area contributed by atoms with Crippen LogP contribution in [0.1, 0.15) is 18.1 Å². The van der Waals surface area contributed by atoms with E-state index in [9.17, 15) is 14.4 Å². The molecule has 1 rings (SSSR count). The van der Waals surface area contributed by atoms with Crippen LogP contribution in [0.2, 0.25) is 0 Å². The molecule has 0 atom stereocenters. The van der Waals surface area contributed by atoms with Gasteiger partial charge in [0.15, 0.2) is 0 Å². The smallest absolute Gasteiger partial charge is 0.328 e. The van der Waals surface area contributed by atoms with Crippen LogP contribution in [0.5, 0.6) is 0 Å². The van der Waals surface area contributed by atoms with Gasteiger partial charge in [0.25, 0.3) is 0 Å². The molecule has 0 saturated heterocycles. The molecule has 0 bridgehead atoms. The molecule has 0 spiro atoms. The molecule has 1 aromatic carbocycles. The van der Waals surface area contributed by atoms with Crippen molar-refractivity contribution in [3.05, 3.63) is 35.4 Å². The Bertz CT molecular complexity index is 564. The minimum absolute atomic E-state index is 0.108. The Balaban J connectivity index is 2.77. The van der Waals surface area contributed by atoms with Crippen molar-refractivity contribution in [3.8, 4) is 0 Å². The van der Waals surface area contributed by atoms with Crippen molar-refractivity contribution in [2.75, 3.05) is 11.9 Å². The molecular weight excluding hydrogens is 260 g/mol. The molecular formula is C14H16N2O4. The summed E-state index contributed by atoms with van der Waals surface area (Å²) in [5.41, 5.74) is 2.10. The number of carbonyl (C=O) groups is 3. The zero-order valence-electron chi connectivity index (χ0n) is 11.3. The molecule has 3 N–H and O–H groups in total. The molecule has 0 aromatic heterocycles. The van der Waals surface area contributed by atoms with Crippen LogP contribution in [0.25, 0.3) is 6.08 Å². The maximum atomic E-state index is 11.6. The number of hydrogen-bond donors (Lipinski definition) is 3. The molecule has 0 aliphatic carbocycles. The van der Waals surface area contributed by atoms with E-state index in [4.69, 9.17) is 5.11 Å². The van der Waals surface area contributed by atoms with Crippen molar-refractivity contribution in [1.29, 1.82) is 0 Å². The lowest BCUT2D eigenvalue weighted by Gasteiger charge is -2.08. The summed E-state index contributed by atoms with van der Waals surface area (Å²) in [5.74, 6) is -1.67. The number of carbonyl (C=O) groups excluding carboxylic acids is 2. The quantitative estimate of drug-likeness (QED) is 0.703. The average Bonchev–Trinajstić information content (AvgIpc) is 2.33. The molecule has 0 fully saturated rings. The van der Waals surface area contributed by atoms with Crippen LogP contribution in [0, 0.1) is 6.92 Å². The highest BCUT2D eigenvalue weighted by Crippen LogP contribution is 2.15. The third-order valence-electron chi connectivity index (χ3n) is 2.30. The number of carboxylic acids is 1. The second-order valence-corrected chi connectivity index (χ2v) is 4.26. The van der Waals surface area contributed by atoms with Crippen molar-refractivity contribution in [2.45, 2.75) is 13.8 Å². The summed E-state index contributed by atoms with van der Waals surface area (Å²) < 4.78 is 0. The summed E-state index contributed by atoms with van der Waals surface area (Å²) in [6.45, 7) is 3.06. The predicted molar refractivity (Wildman–Crippen MR) is 75.2 cm³/mol. The van der Waals surface area contributed by atoms with Gasteiger partial charge in [0, 0.05) is 18.7 Å². The minimum Gasteiger partial charge on any atom is -0.478 e. The topological polar surface area (TPSA) is 95.5 Å². The fraction of sp³-hybridized carbons (Fsp3) is 0.214. The Morgan fingerprint density at radius 2 is 1.95 bits per heavy atom. The van der Waals surface area contributed by atoms with Crippen LogP contribution in [0.4, 0.5) is 5.69 Å². The van der Waals surface area contributed by atoms with Gasteiger partial charge >= 0.3 is 5.97 Å². The first-order chi connectivity index (χ1) is 9.36. The lowest BCUT2D eigenvalue weighted by Crippen LogP contribution is -2.31. The van der Waals surface area contributed by atoms with E-state index in [2.05, 4.69) is 10.6 Å². The van der Waals surface area contributed by atoms with Crippen LogP contribution >= 0.6 is 0 Å². The molecule has 0 radical (unpaired) electrons. The summed E-state index contributed by atoms with van der Waals surface area (Å²) in [5, 5.41) is 13.6. The van der Waals surface area contributed by atoms with Gasteiger partial charge < -0.3 is 15.7 Å². The Kier molecular flexibility index (Phi) is 5.46. The summed E-state index contributed by atoms with van der Waals surface area (Å²) in [4.78, 5) is 32.7. The van der Waals surface area contributed by atoms with E-state index in [-0.39, 0.29) is 18.4 Å². The molecule has 0 heterocycles. The Labute approximate surface area is 116 Å². The number of carboxylic acid groups (broad SMARTS) is 1. The minimum atomic E-state index is -1.04. The third kappa shape index (κ3) is 5.81. The predicted octanol–water partition coefficient (Wildman–Crippen LogP) is 1.17. The first kappa shape index (κ1) is 15.4. The lowest BCUT2D eigenvalue weighted by molar-refractivity contribution is -0.131. The van der Waals surface area contributed by atoms with Gasteiger partial charge in [-0.15, -0.1) is 0 Å². The number of rotatable bonds is 5. The first-order valence-corrected chi connectivity index (χ1v) is 5.94. The second-order valence-electron chi connectivity index (χ2n) is 4.26. The Morgan fingerprint density at radius 3 is 2.55 bits per heavy atom. The van der Waals surface area contributed by atoms with Crippen molar-refractivity contribution in [1.82, 2.24) is 5.32 Å². The van der Waals surface area contributed by atoms with Gasteiger partial charge in [-0.05, 0) is 36.3 Å². The van der Waals surface area contributed by atoms with Crippen molar-refractivity contribution in [3.63, 3.8) is 0 Å². The molecule has 0 aliphatic heterocycles. The average molecular weight is 276 g/mol. The zero-order valence-corrected chi connectivity index (χ0v) is 11.3. The van der Waals surface area contributed by atoms with Crippen molar-refractivity contribution >= 4 is 29.5 Å². The van der Waals surface area contributed by atoms with Crippen LogP contribution in [-0.2, 0) is 14.4 Å². The van der Waals surface area contributed by atoms with Gasteiger partial charge in [-0.25, -0.2) is 4.79 Å². The van der Waals surface area contributed by atoms with Crippen molar-refractivity contribution < 1.29 is 19.5 Å². The van der Waals surface area contributed by atoms with Gasteiger partial charge in [0.2, 0.25) is 11.8 Å². The molecule has 2 amide bonds. The highest BCUT2D eigenvalue weighted by Gasteiger charge is 2.04. The number of nitrogens with one attached hydrogen (secondary N) is 2. The Morgan fingerprint density at radius 1 is 1.25 bits per heavy atom. The van der Waals surface area contributed by atoms with Gasteiger partial charge in [-0.2, -0.15) is 0 Å². The van der Waals surface area contributed by atoms with Crippen LogP contribution < -0.4 is 10.6 Å². The standard InChI is InChI=1S/C14H16N2O4/c1-9-5-11(3-4-14(19)20)7-12(6-9)16-13(18)8-15-10(2)17/h3-7H,8H2,1-2H3,(H,15,17)(H,16,18)(H,19,20)/b4-3+. The van der Waals surface area contributed by atoms with Crippen LogP contribution in [0.3, 0.4) is 0 Å². The molecule has 20 heavy (non-hydrogen) atoms. The van der Waals surface area contributed by atoms with E-state index in [1.165, 1.54) is 13.0 Å². The van der Waals surface area contributed by atoms with Crippen LogP contribution in [-0.4, -0.2) is 29.4 Å². The fourth-order valence-electron chi connectivity index (χ4n) is 1.56. The molecule has 0 unspecified atom stereocenters. The third-order valence-corrected chi connectivity index (χ3v) is 2.30. The largest absolute Gasteiger partial charge is 0.478 e. The normalized spacial score (nSPS) is 10.3. The van der Waals surface area contributed by atoms with Crippen molar-refractivity contribution in [2.24, 2.45) is 0 Å². The van der Waals surface area contributed by atoms with E-state index < -0.39 is 5.97 Å². The van der Waals surface area contributed by atoms with E-state index in [1.807, 2.05) is 6.92 Å². The molecule has 6 heteroatoms. The van der Waals surface area contributed by atoms with E-state index >= 15 is 0 Å².